The average molecular weight is 262 g/mol. The van der Waals surface area contributed by atoms with Gasteiger partial charge in [0, 0.05) is 0 Å². The molecule has 0 amide bonds. The molecule has 0 aliphatic carbocycles. The van der Waals surface area contributed by atoms with E-state index in [1.165, 1.54) is 11.1 Å². The lowest BCUT2D eigenvalue weighted by Gasteiger charge is -2.21. The lowest BCUT2D eigenvalue weighted by atomic mass is 9.90. The van der Waals surface area contributed by atoms with E-state index >= 15 is 0 Å². The minimum absolute atomic E-state index is 0.315. The predicted molar refractivity (Wildman–Crippen MR) is 79.1 cm³/mol. The summed E-state index contributed by atoms with van der Waals surface area (Å²) in [5, 5.41) is 0. The minimum Gasteiger partial charge on any atom is -0.490 e. The van der Waals surface area contributed by atoms with E-state index in [0.717, 1.165) is 25.2 Å². The van der Waals surface area contributed by atoms with Gasteiger partial charge in [-0.3, -0.25) is 0 Å². The summed E-state index contributed by atoms with van der Waals surface area (Å²) in [4.78, 5) is 0. The first kappa shape index (κ1) is 14.4. The van der Waals surface area contributed by atoms with E-state index in [2.05, 4.69) is 45.9 Å². The molecule has 1 aromatic rings. The first-order valence-electron chi connectivity index (χ1n) is 7.54. The van der Waals surface area contributed by atoms with Crippen molar-refractivity contribution in [2.24, 2.45) is 0 Å². The van der Waals surface area contributed by atoms with E-state index in [1.54, 1.807) is 0 Å². The maximum atomic E-state index is 6.11. The minimum atomic E-state index is 0.315. The van der Waals surface area contributed by atoms with Crippen LogP contribution in [-0.2, 0) is 4.74 Å². The first-order chi connectivity index (χ1) is 9.17. The number of para-hydroxylation sites is 1. The van der Waals surface area contributed by atoms with Gasteiger partial charge in [-0.25, -0.2) is 0 Å². The zero-order valence-corrected chi connectivity index (χ0v) is 12.6. The van der Waals surface area contributed by atoms with Gasteiger partial charge in [0.05, 0.1) is 6.61 Å². The summed E-state index contributed by atoms with van der Waals surface area (Å²) >= 11 is 0. The third-order valence-corrected chi connectivity index (χ3v) is 4.18. The largest absolute Gasteiger partial charge is 0.490 e. The number of hydrogen-bond acceptors (Lipinski definition) is 2. The number of ether oxygens (including phenoxy) is 2. The van der Waals surface area contributed by atoms with Crippen LogP contribution in [0.1, 0.15) is 63.5 Å². The molecule has 0 radical (unpaired) electrons. The van der Waals surface area contributed by atoms with Crippen LogP contribution in [-0.4, -0.2) is 19.3 Å². The van der Waals surface area contributed by atoms with Crippen molar-refractivity contribution >= 4 is 0 Å². The molecule has 3 unspecified atom stereocenters. The van der Waals surface area contributed by atoms with Crippen molar-refractivity contribution in [1.82, 2.24) is 0 Å². The highest BCUT2D eigenvalue weighted by Gasteiger charge is 2.25. The van der Waals surface area contributed by atoms with Crippen LogP contribution >= 0.6 is 0 Å². The van der Waals surface area contributed by atoms with Crippen molar-refractivity contribution in [3.63, 3.8) is 0 Å². The van der Waals surface area contributed by atoms with Gasteiger partial charge in [-0.05, 0) is 35.8 Å². The molecule has 1 heterocycles. The fourth-order valence-corrected chi connectivity index (χ4v) is 2.30. The fraction of sp³-hybridized carbons (Fsp3) is 0.647. The van der Waals surface area contributed by atoms with Crippen molar-refractivity contribution in [1.29, 1.82) is 0 Å². The molecule has 0 bridgehead atoms. The topological polar surface area (TPSA) is 21.8 Å². The molecule has 1 aliphatic heterocycles. The fourth-order valence-electron chi connectivity index (χ4n) is 2.30. The number of rotatable bonds is 7. The average Bonchev–Trinajstić information content (AvgIpc) is 3.27. The van der Waals surface area contributed by atoms with Crippen LogP contribution in [0.25, 0.3) is 0 Å². The van der Waals surface area contributed by atoms with E-state index in [1.807, 2.05) is 0 Å². The van der Waals surface area contributed by atoms with E-state index in [4.69, 9.17) is 9.47 Å². The normalized spacial score (nSPS) is 20.9. The summed E-state index contributed by atoms with van der Waals surface area (Å²) < 4.78 is 11.4. The Balaban J connectivity index is 2.29. The van der Waals surface area contributed by atoms with Gasteiger partial charge in [0.2, 0.25) is 0 Å². The van der Waals surface area contributed by atoms with Crippen molar-refractivity contribution in [3.05, 3.63) is 29.3 Å². The van der Waals surface area contributed by atoms with Crippen LogP contribution in [0, 0.1) is 0 Å². The zero-order valence-electron chi connectivity index (χ0n) is 12.6. The molecule has 0 saturated carbocycles. The van der Waals surface area contributed by atoms with Gasteiger partial charge in [-0.1, -0.05) is 45.9 Å². The van der Waals surface area contributed by atoms with E-state index in [9.17, 15) is 0 Å². The van der Waals surface area contributed by atoms with Gasteiger partial charge in [0.25, 0.3) is 0 Å². The Kier molecular flexibility index (Phi) is 4.87. The van der Waals surface area contributed by atoms with Crippen LogP contribution in [0.4, 0.5) is 0 Å². The molecule has 1 aromatic carbocycles. The van der Waals surface area contributed by atoms with E-state index in [-0.39, 0.29) is 0 Å². The van der Waals surface area contributed by atoms with Gasteiger partial charge in [-0.2, -0.15) is 0 Å². The summed E-state index contributed by atoms with van der Waals surface area (Å²) in [7, 11) is 0. The lowest BCUT2D eigenvalue weighted by molar-refractivity contribution is 0.257. The molecule has 2 nitrogen and oxygen atoms in total. The Hall–Kier alpha value is -1.02. The lowest BCUT2D eigenvalue weighted by Crippen LogP contribution is -2.10. The first-order valence-corrected chi connectivity index (χ1v) is 7.54. The van der Waals surface area contributed by atoms with Crippen molar-refractivity contribution in [2.75, 3.05) is 13.2 Å². The number of epoxide rings is 1. The van der Waals surface area contributed by atoms with Crippen molar-refractivity contribution in [3.8, 4) is 5.75 Å². The SMILES string of the molecule is CCC(C)c1cccc(C(C)CC)c1OCC1CO1. The second-order valence-corrected chi connectivity index (χ2v) is 5.65. The maximum Gasteiger partial charge on any atom is 0.126 e. The van der Waals surface area contributed by atoms with E-state index < -0.39 is 0 Å². The van der Waals surface area contributed by atoms with Crippen molar-refractivity contribution in [2.45, 2.75) is 58.5 Å². The van der Waals surface area contributed by atoms with Gasteiger partial charge in [0.1, 0.15) is 18.5 Å². The van der Waals surface area contributed by atoms with Crippen LogP contribution in [0.15, 0.2) is 18.2 Å². The summed E-state index contributed by atoms with van der Waals surface area (Å²) in [6.45, 7) is 10.6. The Bertz CT molecular complexity index is 381. The number of benzene rings is 1. The summed E-state index contributed by atoms with van der Waals surface area (Å²) in [6, 6.07) is 6.59. The Morgan fingerprint density at radius 3 is 2.11 bits per heavy atom. The molecule has 1 saturated heterocycles. The second-order valence-electron chi connectivity index (χ2n) is 5.65. The highest BCUT2D eigenvalue weighted by molar-refractivity contribution is 5.45. The maximum absolute atomic E-state index is 6.11. The van der Waals surface area contributed by atoms with E-state index in [0.29, 0.717) is 24.5 Å². The molecule has 3 atom stereocenters. The Morgan fingerprint density at radius 2 is 1.68 bits per heavy atom. The van der Waals surface area contributed by atoms with Crippen LogP contribution in [0.5, 0.6) is 5.75 Å². The molecule has 2 heteroatoms. The van der Waals surface area contributed by atoms with Crippen LogP contribution < -0.4 is 4.74 Å². The van der Waals surface area contributed by atoms with Gasteiger partial charge < -0.3 is 9.47 Å². The third-order valence-electron chi connectivity index (χ3n) is 4.18. The standard InChI is InChI=1S/C17H26O2/c1-5-12(3)15-8-7-9-16(13(4)6-2)17(15)19-11-14-10-18-14/h7-9,12-14H,5-6,10-11H2,1-4H3. The molecule has 0 spiro atoms. The Morgan fingerprint density at radius 1 is 1.16 bits per heavy atom. The Labute approximate surface area is 117 Å². The zero-order chi connectivity index (χ0) is 13.8. The highest BCUT2D eigenvalue weighted by atomic mass is 16.6. The molecule has 2 rings (SSSR count). The van der Waals surface area contributed by atoms with Gasteiger partial charge in [-0.15, -0.1) is 0 Å². The summed E-state index contributed by atoms with van der Waals surface area (Å²) in [5.74, 6) is 2.19. The molecule has 19 heavy (non-hydrogen) atoms. The molecular formula is C17H26O2. The predicted octanol–water partition coefficient (Wildman–Crippen LogP) is 4.49. The molecule has 106 valence electrons. The van der Waals surface area contributed by atoms with Gasteiger partial charge in [0.15, 0.2) is 0 Å². The number of hydrogen-bond donors (Lipinski definition) is 0. The summed E-state index contributed by atoms with van der Waals surface area (Å²) in [5.41, 5.74) is 2.70. The molecule has 0 aromatic heterocycles. The van der Waals surface area contributed by atoms with Crippen LogP contribution in [0.3, 0.4) is 0 Å². The monoisotopic (exact) mass is 262 g/mol. The molecule has 0 N–H and O–H groups in total. The molecular weight excluding hydrogens is 236 g/mol. The quantitative estimate of drug-likeness (QED) is 0.675. The second kappa shape index (κ2) is 6.42. The van der Waals surface area contributed by atoms with Gasteiger partial charge >= 0.3 is 0 Å². The summed E-state index contributed by atoms with van der Waals surface area (Å²) in [6.07, 6.45) is 2.59. The van der Waals surface area contributed by atoms with Crippen LogP contribution in [0.2, 0.25) is 0 Å². The van der Waals surface area contributed by atoms with Crippen molar-refractivity contribution < 1.29 is 9.47 Å². The smallest absolute Gasteiger partial charge is 0.126 e. The molecule has 1 aliphatic rings. The highest BCUT2D eigenvalue weighted by Crippen LogP contribution is 2.37. The molecule has 1 fully saturated rings. The third kappa shape index (κ3) is 3.50.